The summed E-state index contributed by atoms with van der Waals surface area (Å²) in [4.78, 5) is 24.1. The van der Waals surface area contributed by atoms with Gasteiger partial charge >= 0.3 is 0 Å². The zero-order chi connectivity index (χ0) is 15.0. The zero-order valence-electron chi connectivity index (χ0n) is 11.8. The molecule has 8 nitrogen and oxygen atoms in total. The van der Waals surface area contributed by atoms with Gasteiger partial charge in [0.2, 0.25) is 11.8 Å². The SMILES string of the molecule is COCC(=O)NC[C@@]1(O)COCCN(CCC(N)=O)C1. The van der Waals surface area contributed by atoms with E-state index >= 15 is 0 Å². The van der Waals surface area contributed by atoms with Gasteiger partial charge in [0.05, 0.1) is 13.2 Å². The van der Waals surface area contributed by atoms with E-state index in [1.165, 1.54) is 7.11 Å². The van der Waals surface area contributed by atoms with Gasteiger partial charge in [-0.3, -0.25) is 14.5 Å². The van der Waals surface area contributed by atoms with Crippen molar-refractivity contribution in [3.8, 4) is 0 Å². The van der Waals surface area contributed by atoms with Gasteiger partial charge in [-0.2, -0.15) is 0 Å². The molecule has 4 N–H and O–H groups in total. The van der Waals surface area contributed by atoms with Gasteiger partial charge in [-0.15, -0.1) is 0 Å². The molecule has 1 atom stereocenters. The van der Waals surface area contributed by atoms with Crippen LogP contribution in [0.2, 0.25) is 0 Å². The Bertz CT molecular complexity index is 339. The number of aliphatic hydroxyl groups is 1. The monoisotopic (exact) mass is 289 g/mol. The standard InChI is InChI=1S/C12H23N3O5/c1-19-6-11(17)14-7-12(18)8-15(3-2-10(13)16)4-5-20-9-12/h18H,2-9H2,1H3,(H2,13,16)(H,14,17)/t12-/m0/s1. The highest BCUT2D eigenvalue weighted by Crippen LogP contribution is 2.12. The molecule has 0 aromatic carbocycles. The van der Waals surface area contributed by atoms with Crippen molar-refractivity contribution in [2.45, 2.75) is 12.0 Å². The molecule has 1 rings (SSSR count). The molecule has 0 aromatic rings. The van der Waals surface area contributed by atoms with E-state index in [2.05, 4.69) is 5.32 Å². The Morgan fingerprint density at radius 1 is 1.55 bits per heavy atom. The van der Waals surface area contributed by atoms with Gasteiger partial charge in [0.1, 0.15) is 12.2 Å². The lowest BCUT2D eigenvalue weighted by Crippen LogP contribution is -2.53. The second-order valence-corrected chi connectivity index (χ2v) is 4.98. The molecule has 2 amide bonds. The van der Waals surface area contributed by atoms with Crippen molar-refractivity contribution in [3.05, 3.63) is 0 Å². The van der Waals surface area contributed by atoms with E-state index in [-0.39, 0.29) is 38.0 Å². The van der Waals surface area contributed by atoms with E-state index in [0.717, 1.165) is 0 Å². The fraction of sp³-hybridized carbons (Fsp3) is 0.833. The van der Waals surface area contributed by atoms with Crippen LogP contribution in [0.3, 0.4) is 0 Å². The van der Waals surface area contributed by atoms with Crippen LogP contribution in [0.4, 0.5) is 0 Å². The highest BCUT2D eigenvalue weighted by Gasteiger charge is 2.32. The van der Waals surface area contributed by atoms with Gasteiger partial charge in [0.15, 0.2) is 0 Å². The molecular weight excluding hydrogens is 266 g/mol. The highest BCUT2D eigenvalue weighted by atomic mass is 16.5. The number of nitrogens with two attached hydrogens (primary N) is 1. The number of methoxy groups -OCH3 is 1. The molecule has 0 spiro atoms. The number of hydrogen-bond acceptors (Lipinski definition) is 6. The molecule has 1 saturated heterocycles. The third-order valence-corrected chi connectivity index (χ3v) is 3.00. The Morgan fingerprint density at radius 3 is 2.95 bits per heavy atom. The lowest BCUT2D eigenvalue weighted by molar-refractivity contribution is -0.126. The summed E-state index contributed by atoms with van der Waals surface area (Å²) in [6.45, 7) is 2.01. The first-order chi connectivity index (χ1) is 9.45. The molecule has 1 aliphatic rings. The Kier molecular flexibility index (Phi) is 6.86. The molecule has 1 heterocycles. The molecule has 0 saturated carbocycles. The average molecular weight is 289 g/mol. The summed E-state index contributed by atoms with van der Waals surface area (Å²) in [5.74, 6) is -0.680. The number of carbonyl (C=O) groups excluding carboxylic acids is 2. The predicted molar refractivity (Wildman–Crippen MR) is 70.9 cm³/mol. The first-order valence-corrected chi connectivity index (χ1v) is 6.51. The molecule has 0 radical (unpaired) electrons. The molecule has 1 fully saturated rings. The third kappa shape index (κ3) is 6.29. The maximum Gasteiger partial charge on any atom is 0.246 e. The molecule has 8 heteroatoms. The van der Waals surface area contributed by atoms with E-state index in [0.29, 0.717) is 26.2 Å². The smallest absolute Gasteiger partial charge is 0.246 e. The Balaban J connectivity index is 2.48. The summed E-state index contributed by atoms with van der Waals surface area (Å²) < 4.78 is 10.0. The van der Waals surface area contributed by atoms with E-state index in [1.54, 1.807) is 0 Å². The minimum Gasteiger partial charge on any atom is -0.384 e. The number of carbonyl (C=O) groups is 2. The maximum atomic E-state index is 11.3. The van der Waals surface area contributed by atoms with Crippen LogP contribution in [0.5, 0.6) is 0 Å². The van der Waals surface area contributed by atoms with Crippen LogP contribution in [0, 0.1) is 0 Å². The fourth-order valence-corrected chi connectivity index (χ4v) is 2.01. The second-order valence-electron chi connectivity index (χ2n) is 4.98. The molecular formula is C12H23N3O5. The fourth-order valence-electron chi connectivity index (χ4n) is 2.01. The lowest BCUT2D eigenvalue weighted by Gasteiger charge is -2.30. The molecule has 116 valence electrons. The quantitative estimate of drug-likeness (QED) is 0.485. The number of β-amino-alcohol motifs (C(OH)–C–C–N with tert-alkyl or cyclic N) is 1. The number of amides is 2. The molecule has 0 aliphatic carbocycles. The topological polar surface area (TPSA) is 114 Å². The van der Waals surface area contributed by atoms with Gasteiger partial charge in [0, 0.05) is 39.7 Å². The normalized spacial score (nSPS) is 24.1. The van der Waals surface area contributed by atoms with E-state index in [9.17, 15) is 14.7 Å². The molecule has 20 heavy (non-hydrogen) atoms. The van der Waals surface area contributed by atoms with Crippen LogP contribution in [0.15, 0.2) is 0 Å². The van der Waals surface area contributed by atoms with Crippen molar-refractivity contribution in [1.82, 2.24) is 10.2 Å². The molecule has 0 unspecified atom stereocenters. The second kappa shape index (κ2) is 8.15. The number of nitrogens with one attached hydrogen (secondary N) is 1. The number of nitrogens with zero attached hydrogens (tertiary/aromatic N) is 1. The van der Waals surface area contributed by atoms with Crippen LogP contribution in [0.25, 0.3) is 0 Å². The van der Waals surface area contributed by atoms with Crippen molar-refractivity contribution in [1.29, 1.82) is 0 Å². The van der Waals surface area contributed by atoms with Gasteiger partial charge in [-0.25, -0.2) is 0 Å². The predicted octanol–water partition coefficient (Wildman–Crippen LogP) is -2.31. The molecule has 0 bridgehead atoms. The number of hydrogen-bond donors (Lipinski definition) is 3. The van der Waals surface area contributed by atoms with Crippen LogP contribution >= 0.6 is 0 Å². The van der Waals surface area contributed by atoms with Gasteiger partial charge < -0.3 is 25.6 Å². The largest absolute Gasteiger partial charge is 0.384 e. The lowest BCUT2D eigenvalue weighted by atomic mass is 10.0. The number of primary amides is 1. The third-order valence-electron chi connectivity index (χ3n) is 3.00. The zero-order valence-corrected chi connectivity index (χ0v) is 11.8. The van der Waals surface area contributed by atoms with Crippen molar-refractivity contribution in [2.75, 3.05) is 53.1 Å². The average Bonchev–Trinajstić information content (AvgIpc) is 2.57. The first-order valence-electron chi connectivity index (χ1n) is 6.51. The van der Waals surface area contributed by atoms with Gasteiger partial charge in [0.25, 0.3) is 0 Å². The minimum absolute atomic E-state index is 0.0532. The Morgan fingerprint density at radius 2 is 2.30 bits per heavy atom. The summed E-state index contributed by atoms with van der Waals surface area (Å²) in [7, 11) is 1.43. The van der Waals surface area contributed by atoms with Crippen molar-refractivity contribution < 1.29 is 24.2 Å². The maximum absolute atomic E-state index is 11.3. The molecule has 0 aromatic heterocycles. The summed E-state index contributed by atoms with van der Waals surface area (Å²) in [5, 5.41) is 13.1. The van der Waals surface area contributed by atoms with Crippen LogP contribution in [0.1, 0.15) is 6.42 Å². The number of rotatable bonds is 7. The van der Waals surface area contributed by atoms with Crippen molar-refractivity contribution >= 4 is 11.8 Å². The summed E-state index contributed by atoms with van der Waals surface area (Å²) in [5.41, 5.74) is 3.93. The van der Waals surface area contributed by atoms with Crippen molar-refractivity contribution in [2.24, 2.45) is 5.73 Å². The Labute approximate surface area is 118 Å². The molecule has 1 aliphatic heterocycles. The Hall–Kier alpha value is -1.22. The van der Waals surface area contributed by atoms with Crippen LogP contribution in [-0.4, -0.2) is 80.5 Å². The van der Waals surface area contributed by atoms with Gasteiger partial charge in [-0.1, -0.05) is 0 Å². The van der Waals surface area contributed by atoms with E-state index in [1.807, 2.05) is 4.90 Å². The summed E-state index contributed by atoms with van der Waals surface area (Å²) in [6.07, 6.45) is 0.228. The van der Waals surface area contributed by atoms with E-state index < -0.39 is 5.60 Å². The number of ether oxygens (including phenoxy) is 2. The van der Waals surface area contributed by atoms with E-state index in [4.69, 9.17) is 15.2 Å². The highest BCUT2D eigenvalue weighted by molar-refractivity contribution is 5.77. The van der Waals surface area contributed by atoms with Gasteiger partial charge in [-0.05, 0) is 0 Å². The minimum atomic E-state index is -1.18. The van der Waals surface area contributed by atoms with Crippen LogP contribution in [-0.2, 0) is 19.1 Å². The first kappa shape index (κ1) is 16.8. The van der Waals surface area contributed by atoms with Crippen LogP contribution < -0.4 is 11.1 Å². The summed E-state index contributed by atoms with van der Waals surface area (Å²) in [6, 6.07) is 0. The van der Waals surface area contributed by atoms with Crippen molar-refractivity contribution in [3.63, 3.8) is 0 Å². The summed E-state index contributed by atoms with van der Waals surface area (Å²) >= 11 is 0.